The van der Waals surface area contributed by atoms with Gasteiger partial charge >= 0.3 is 5.97 Å². The number of aryl methyl sites for hydroxylation is 1. The molecule has 116 valence electrons. The van der Waals surface area contributed by atoms with Crippen LogP contribution < -0.4 is 4.74 Å². The van der Waals surface area contributed by atoms with Crippen molar-refractivity contribution in [1.82, 2.24) is 4.31 Å². The number of rotatable bonds is 3. The Morgan fingerprint density at radius 2 is 2.10 bits per heavy atom. The van der Waals surface area contributed by atoms with Gasteiger partial charge in [0.2, 0.25) is 10.0 Å². The zero-order valence-electron chi connectivity index (χ0n) is 12.0. The van der Waals surface area contributed by atoms with Crippen LogP contribution in [0.5, 0.6) is 5.75 Å². The Morgan fingerprint density at radius 1 is 1.38 bits per heavy atom. The van der Waals surface area contributed by atoms with Gasteiger partial charge in [-0.2, -0.15) is 4.31 Å². The summed E-state index contributed by atoms with van der Waals surface area (Å²) in [6.45, 7) is 2.21. The van der Waals surface area contributed by atoms with Crippen molar-refractivity contribution in [3.63, 3.8) is 0 Å². The number of nitrogens with zero attached hydrogens (tertiary/aromatic N) is 1. The third kappa shape index (κ3) is 3.96. The van der Waals surface area contributed by atoms with E-state index in [1.165, 1.54) is 4.31 Å². The Labute approximate surface area is 129 Å². The highest BCUT2D eigenvalue weighted by Crippen LogP contribution is 2.27. The molecule has 1 unspecified atom stereocenters. The minimum Gasteiger partial charge on any atom is -0.424 e. The van der Waals surface area contributed by atoms with E-state index in [2.05, 4.69) is 0 Å². The molecule has 0 radical (unpaired) electrons. The molecule has 0 amide bonds. The van der Waals surface area contributed by atoms with Crippen LogP contribution in [0.2, 0.25) is 5.02 Å². The predicted molar refractivity (Wildman–Crippen MR) is 81.0 cm³/mol. The van der Waals surface area contributed by atoms with E-state index in [0.29, 0.717) is 18.0 Å². The van der Waals surface area contributed by atoms with E-state index in [1.807, 2.05) is 13.0 Å². The number of sulfonamides is 1. The van der Waals surface area contributed by atoms with E-state index in [4.69, 9.17) is 16.3 Å². The Kier molecular flexibility index (Phi) is 4.91. The van der Waals surface area contributed by atoms with Gasteiger partial charge in [0.15, 0.2) is 0 Å². The van der Waals surface area contributed by atoms with Crippen molar-refractivity contribution in [1.29, 1.82) is 0 Å². The van der Waals surface area contributed by atoms with Crippen LogP contribution in [0.1, 0.15) is 24.8 Å². The predicted octanol–water partition coefficient (Wildman–Crippen LogP) is 2.37. The van der Waals surface area contributed by atoms with Crippen LogP contribution in [-0.2, 0) is 14.8 Å². The fourth-order valence-corrected chi connectivity index (χ4v) is 3.67. The standard InChI is InChI=1S/C14H18ClNO4S/c1-10-6-7-11(15)13(9-10)20-14(17)12-5-3-4-8-16(12)21(2,18)19/h6-7,9,12H,3-5,8H2,1-2H3. The summed E-state index contributed by atoms with van der Waals surface area (Å²) in [6.07, 6.45) is 3.13. The first kappa shape index (κ1) is 16.3. The number of hydrogen-bond acceptors (Lipinski definition) is 4. The van der Waals surface area contributed by atoms with Crippen molar-refractivity contribution in [2.45, 2.75) is 32.2 Å². The van der Waals surface area contributed by atoms with Crippen LogP contribution in [0.3, 0.4) is 0 Å². The molecule has 0 aliphatic carbocycles. The lowest BCUT2D eigenvalue weighted by Crippen LogP contribution is -2.48. The van der Waals surface area contributed by atoms with Crippen LogP contribution in [0.25, 0.3) is 0 Å². The van der Waals surface area contributed by atoms with Gasteiger partial charge in [-0.25, -0.2) is 13.2 Å². The maximum absolute atomic E-state index is 12.3. The highest BCUT2D eigenvalue weighted by Gasteiger charge is 2.36. The molecular weight excluding hydrogens is 314 g/mol. The number of carbonyl (C=O) groups is 1. The van der Waals surface area contributed by atoms with Crippen molar-refractivity contribution in [2.75, 3.05) is 12.8 Å². The molecule has 5 nitrogen and oxygen atoms in total. The molecule has 0 saturated carbocycles. The second-order valence-electron chi connectivity index (χ2n) is 5.24. The van der Waals surface area contributed by atoms with E-state index >= 15 is 0 Å². The van der Waals surface area contributed by atoms with Crippen molar-refractivity contribution in [3.8, 4) is 5.75 Å². The van der Waals surface area contributed by atoms with E-state index in [1.54, 1.807) is 12.1 Å². The molecule has 1 aliphatic heterocycles. The summed E-state index contributed by atoms with van der Waals surface area (Å²) in [6, 6.07) is 4.34. The Morgan fingerprint density at radius 3 is 2.76 bits per heavy atom. The summed E-state index contributed by atoms with van der Waals surface area (Å²) >= 11 is 6.00. The molecule has 1 aromatic rings. The van der Waals surface area contributed by atoms with Crippen molar-refractivity contribution in [3.05, 3.63) is 28.8 Å². The molecule has 2 rings (SSSR count). The second kappa shape index (κ2) is 6.34. The maximum atomic E-state index is 12.3. The van der Waals surface area contributed by atoms with Crippen LogP contribution in [0.4, 0.5) is 0 Å². The number of hydrogen-bond donors (Lipinski definition) is 0. The lowest BCUT2D eigenvalue weighted by Gasteiger charge is -2.31. The third-order valence-electron chi connectivity index (χ3n) is 3.45. The SMILES string of the molecule is Cc1ccc(Cl)c(OC(=O)C2CCCCN2S(C)(=O)=O)c1. The van der Waals surface area contributed by atoms with Gasteiger partial charge in [0, 0.05) is 6.54 Å². The summed E-state index contributed by atoms with van der Waals surface area (Å²) in [5.41, 5.74) is 0.908. The molecule has 21 heavy (non-hydrogen) atoms. The number of benzene rings is 1. The zero-order valence-corrected chi connectivity index (χ0v) is 13.6. The quantitative estimate of drug-likeness (QED) is 0.630. The largest absolute Gasteiger partial charge is 0.424 e. The maximum Gasteiger partial charge on any atom is 0.329 e. The van der Waals surface area contributed by atoms with Gasteiger partial charge in [0.25, 0.3) is 0 Å². The fourth-order valence-electron chi connectivity index (χ4n) is 2.40. The molecule has 1 aliphatic rings. The average Bonchev–Trinajstić information content (AvgIpc) is 2.42. The first-order valence-electron chi connectivity index (χ1n) is 6.73. The van der Waals surface area contributed by atoms with Crippen LogP contribution in [0, 0.1) is 6.92 Å². The summed E-state index contributed by atoms with van der Waals surface area (Å²) in [7, 11) is -3.43. The summed E-state index contributed by atoms with van der Waals surface area (Å²) in [5, 5.41) is 0.329. The summed E-state index contributed by atoms with van der Waals surface area (Å²) in [4.78, 5) is 12.3. The van der Waals surface area contributed by atoms with Crippen molar-refractivity contribution in [2.24, 2.45) is 0 Å². The van der Waals surface area contributed by atoms with E-state index in [0.717, 1.165) is 24.7 Å². The monoisotopic (exact) mass is 331 g/mol. The third-order valence-corrected chi connectivity index (χ3v) is 5.05. The molecule has 0 spiro atoms. The van der Waals surface area contributed by atoms with Crippen molar-refractivity contribution < 1.29 is 17.9 Å². The lowest BCUT2D eigenvalue weighted by molar-refractivity contribution is -0.139. The van der Waals surface area contributed by atoms with Crippen LogP contribution in [-0.4, -0.2) is 37.5 Å². The molecule has 1 heterocycles. The molecule has 1 atom stereocenters. The highest BCUT2D eigenvalue weighted by atomic mass is 35.5. The smallest absolute Gasteiger partial charge is 0.329 e. The normalized spacial score (nSPS) is 20.2. The Hall–Kier alpha value is -1.11. The van der Waals surface area contributed by atoms with E-state index in [9.17, 15) is 13.2 Å². The summed E-state index contributed by atoms with van der Waals surface area (Å²) in [5.74, 6) is -0.312. The van der Waals surface area contributed by atoms with Gasteiger partial charge in [-0.1, -0.05) is 17.7 Å². The molecule has 0 bridgehead atoms. The summed E-state index contributed by atoms with van der Waals surface area (Å²) < 4.78 is 30.1. The van der Waals surface area contributed by atoms with Gasteiger partial charge < -0.3 is 4.74 Å². The van der Waals surface area contributed by atoms with Gasteiger partial charge in [-0.3, -0.25) is 0 Å². The first-order chi connectivity index (χ1) is 9.79. The molecular formula is C14H18ClNO4S. The first-order valence-corrected chi connectivity index (χ1v) is 8.96. The molecule has 0 aromatic heterocycles. The van der Waals surface area contributed by atoms with Gasteiger partial charge in [-0.15, -0.1) is 0 Å². The highest BCUT2D eigenvalue weighted by molar-refractivity contribution is 7.88. The average molecular weight is 332 g/mol. The molecule has 1 aromatic carbocycles. The number of esters is 1. The van der Waals surface area contributed by atoms with E-state index in [-0.39, 0.29) is 5.75 Å². The molecule has 1 fully saturated rings. The molecule has 1 saturated heterocycles. The lowest BCUT2D eigenvalue weighted by atomic mass is 10.1. The zero-order chi connectivity index (χ0) is 15.6. The minimum atomic E-state index is -3.43. The minimum absolute atomic E-state index is 0.265. The van der Waals surface area contributed by atoms with E-state index < -0.39 is 22.0 Å². The molecule has 7 heteroatoms. The number of carbonyl (C=O) groups excluding carboxylic acids is 1. The van der Waals surface area contributed by atoms with Gasteiger partial charge in [-0.05, 0) is 43.9 Å². The number of halogens is 1. The fraction of sp³-hybridized carbons (Fsp3) is 0.500. The Bertz CT molecular complexity index is 644. The Balaban J connectivity index is 2.20. The van der Waals surface area contributed by atoms with Gasteiger partial charge in [0.1, 0.15) is 11.8 Å². The number of ether oxygens (including phenoxy) is 1. The second-order valence-corrected chi connectivity index (χ2v) is 7.58. The molecule has 0 N–H and O–H groups in total. The van der Waals surface area contributed by atoms with Gasteiger partial charge in [0.05, 0.1) is 11.3 Å². The number of piperidine rings is 1. The van der Waals surface area contributed by atoms with Crippen molar-refractivity contribution >= 4 is 27.6 Å². The van der Waals surface area contributed by atoms with Crippen LogP contribution in [0.15, 0.2) is 18.2 Å². The topological polar surface area (TPSA) is 63.7 Å². The van der Waals surface area contributed by atoms with Crippen LogP contribution >= 0.6 is 11.6 Å².